The van der Waals surface area contributed by atoms with Gasteiger partial charge in [-0.1, -0.05) is 12.1 Å². The second-order valence-electron chi connectivity index (χ2n) is 5.22. The number of imidazole rings is 1. The van der Waals surface area contributed by atoms with Gasteiger partial charge in [-0.05, 0) is 12.1 Å². The highest BCUT2D eigenvalue weighted by Gasteiger charge is 2.26. The van der Waals surface area contributed by atoms with Crippen LogP contribution in [0.3, 0.4) is 0 Å². The number of aliphatic hydroxyl groups excluding tert-OH is 1. The molecule has 0 saturated heterocycles. The first-order valence-electron chi connectivity index (χ1n) is 7.26. The van der Waals surface area contributed by atoms with Gasteiger partial charge in [-0.15, -0.1) is 11.8 Å². The van der Waals surface area contributed by atoms with Crippen LogP contribution in [0.25, 0.3) is 16.6 Å². The molecule has 0 bridgehead atoms. The highest BCUT2D eigenvalue weighted by atomic mass is 32.2. The van der Waals surface area contributed by atoms with Gasteiger partial charge in [0.1, 0.15) is 17.4 Å². The van der Waals surface area contributed by atoms with E-state index in [4.69, 9.17) is 0 Å². The maximum Gasteiger partial charge on any atom is 0.200 e. The van der Waals surface area contributed by atoms with Crippen molar-refractivity contribution in [3.63, 3.8) is 0 Å². The number of para-hydroxylation sites is 2. The van der Waals surface area contributed by atoms with Gasteiger partial charge in [-0.3, -0.25) is 0 Å². The molecule has 27 heavy (non-hydrogen) atoms. The number of aromatic amines is 1. The number of hydrogen-bond donors (Lipinski definition) is 2. The highest BCUT2D eigenvalue weighted by Crippen LogP contribution is 2.32. The minimum atomic E-state index is -2.27. The van der Waals surface area contributed by atoms with Crippen LogP contribution in [0.1, 0.15) is 5.82 Å². The number of nitrogens with one attached hydrogen (secondary N) is 1. The molecule has 0 unspecified atom stereocenters. The number of rotatable bonds is 4. The molecule has 3 rings (SSSR count). The third kappa shape index (κ3) is 3.33. The third-order valence-corrected chi connectivity index (χ3v) is 4.61. The van der Waals surface area contributed by atoms with E-state index in [1.807, 2.05) is 0 Å². The van der Waals surface area contributed by atoms with Gasteiger partial charge in [0.15, 0.2) is 29.1 Å². The van der Waals surface area contributed by atoms with Gasteiger partial charge in [0.05, 0.1) is 21.7 Å². The van der Waals surface area contributed by atoms with E-state index in [0.29, 0.717) is 11.0 Å². The lowest BCUT2D eigenvalue weighted by Crippen LogP contribution is -2.04. The second-order valence-corrected chi connectivity index (χ2v) is 6.21. The van der Waals surface area contributed by atoms with Crippen molar-refractivity contribution in [2.24, 2.45) is 0 Å². The maximum absolute atomic E-state index is 13.7. The van der Waals surface area contributed by atoms with Crippen LogP contribution in [0, 0.1) is 40.4 Å². The molecule has 4 nitrogen and oxygen atoms in total. The smallest absolute Gasteiger partial charge is 0.200 e. The number of benzene rings is 2. The molecule has 0 aliphatic carbocycles. The fourth-order valence-electron chi connectivity index (χ4n) is 2.25. The summed E-state index contributed by atoms with van der Waals surface area (Å²) in [6, 6.07) is 8.47. The number of aliphatic hydroxyl groups is 1. The first kappa shape index (κ1) is 18.7. The van der Waals surface area contributed by atoms with Gasteiger partial charge < -0.3 is 10.1 Å². The number of nitriles is 1. The van der Waals surface area contributed by atoms with Crippen LogP contribution in [0.4, 0.5) is 22.0 Å². The first-order chi connectivity index (χ1) is 12.8. The predicted molar refractivity (Wildman–Crippen MR) is 88.2 cm³/mol. The van der Waals surface area contributed by atoms with Crippen LogP contribution in [0.5, 0.6) is 0 Å². The van der Waals surface area contributed by atoms with E-state index in [2.05, 4.69) is 9.97 Å². The van der Waals surface area contributed by atoms with Crippen molar-refractivity contribution < 1.29 is 27.1 Å². The first-order valence-corrected chi connectivity index (χ1v) is 8.25. The van der Waals surface area contributed by atoms with Gasteiger partial charge >= 0.3 is 0 Å². The molecule has 1 heterocycles. The van der Waals surface area contributed by atoms with Crippen molar-refractivity contribution in [2.45, 2.75) is 4.90 Å². The van der Waals surface area contributed by atoms with Crippen LogP contribution in [-0.4, -0.2) is 20.8 Å². The van der Waals surface area contributed by atoms with Crippen LogP contribution in [0.15, 0.2) is 34.9 Å². The molecule has 2 aromatic carbocycles. The minimum Gasteiger partial charge on any atom is -0.510 e. The molecule has 10 heteroatoms. The van der Waals surface area contributed by atoms with E-state index in [0.717, 1.165) is 0 Å². The van der Waals surface area contributed by atoms with Crippen molar-refractivity contribution in [2.75, 3.05) is 5.75 Å². The normalized spacial score (nSPS) is 12.1. The standard InChI is InChI=1S/C17H8F5N3OS/c18-11-12(19)14(21)16(15(22)13(11)20)27-6-10(26)7(5-23)17-24-8-3-1-2-4-9(8)25-17/h1-4,26H,6H2,(H,24,25)/b10-7-. The molecule has 1 aromatic heterocycles. The summed E-state index contributed by atoms with van der Waals surface area (Å²) in [6.45, 7) is 0. The molecule has 3 aromatic rings. The molecule has 0 saturated carbocycles. The number of thioether (sulfide) groups is 1. The molecular formula is C17H8F5N3OS. The van der Waals surface area contributed by atoms with Gasteiger partial charge in [-0.2, -0.15) is 5.26 Å². The Kier molecular flexibility index (Phi) is 5.05. The molecular weight excluding hydrogens is 389 g/mol. The summed E-state index contributed by atoms with van der Waals surface area (Å²) < 4.78 is 66.8. The lowest BCUT2D eigenvalue weighted by Gasteiger charge is -2.08. The SMILES string of the molecule is N#C/C(=C(/O)CSc1c(F)c(F)c(F)c(F)c1F)c1nc2ccccc2[nH]1. The zero-order chi connectivity index (χ0) is 19.7. The van der Waals surface area contributed by atoms with Crippen molar-refractivity contribution in [1.29, 1.82) is 5.26 Å². The minimum absolute atomic E-state index is 0.00853. The Morgan fingerprint density at radius 2 is 1.63 bits per heavy atom. The van der Waals surface area contributed by atoms with Crippen molar-refractivity contribution in [3.8, 4) is 6.07 Å². The lowest BCUT2D eigenvalue weighted by atomic mass is 10.2. The summed E-state index contributed by atoms with van der Waals surface area (Å²) in [6.07, 6.45) is 0. The number of halogens is 5. The van der Waals surface area contributed by atoms with E-state index >= 15 is 0 Å². The van der Waals surface area contributed by atoms with E-state index in [-0.39, 0.29) is 23.2 Å². The predicted octanol–water partition coefficient (Wildman–Crippen LogP) is 4.84. The molecule has 0 atom stereocenters. The Labute approximate surface area is 153 Å². The number of allylic oxidation sites excluding steroid dienone is 1. The van der Waals surface area contributed by atoms with E-state index in [1.54, 1.807) is 30.3 Å². The number of aromatic nitrogens is 2. The topological polar surface area (TPSA) is 72.7 Å². The largest absolute Gasteiger partial charge is 0.510 e. The van der Waals surface area contributed by atoms with Crippen LogP contribution < -0.4 is 0 Å². The summed E-state index contributed by atoms with van der Waals surface area (Å²) in [5.41, 5.74) is 0.781. The highest BCUT2D eigenvalue weighted by molar-refractivity contribution is 7.99. The van der Waals surface area contributed by atoms with Gasteiger partial charge in [0.2, 0.25) is 5.82 Å². The zero-order valence-corrected chi connectivity index (χ0v) is 14.0. The third-order valence-electron chi connectivity index (χ3n) is 3.55. The quantitative estimate of drug-likeness (QED) is 0.165. The number of fused-ring (bicyclic) bond motifs is 1. The van der Waals surface area contributed by atoms with Gasteiger partial charge in [-0.25, -0.2) is 26.9 Å². The van der Waals surface area contributed by atoms with Crippen molar-refractivity contribution in [1.82, 2.24) is 9.97 Å². The summed E-state index contributed by atoms with van der Waals surface area (Å²) >= 11 is 0.167. The monoisotopic (exact) mass is 397 g/mol. The average molecular weight is 397 g/mol. The molecule has 0 aliphatic rings. The fraction of sp³-hybridized carbons (Fsp3) is 0.0588. The average Bonchev–Trinajstić information content (AvgIpc) is 3.09. The molecule has 0 radical (unpaired) electrons. The van der Waals surface area contributed by atoms with Crippen LogP contribution in [0.2, 0.25) is 0 Å². The molecule has 0 amide bonds. The van der Waals surface area contributed by atoms with Crippen LogP contribution in [-0.2, 0) is 0 Å². The number of H-pyrrole nitrogens is 1. The molecule has 0 fully saturated rings. The van der Waals surface area contributed by atoms with Gasteiger partial charge in [0.25, 0.3) is 0 Å². The summed E-state index contributed by atoms with van der Waals surface area (Å²) in [4.78, 5) is 5.75. The Bertz CT molecular complexity index is 1060. The molecule has 138 valence electrons. The van der Waals surface area contributed by atoms with E-state index < -0.39 is 45.5 Å². The van der Waals surface area contributed by atoms with Crippen LogP contribution >= 0.6 is 11.8 Å². The molecule has 0 aliphatic heterocycles. The van der Waals surface area contributed by atoms with Crippen molar-refractivity contribution >= 4 is 28.4 Å². The van der Waals surface area contributed by atoms with E-state index in [1.165, 1.54) is 0 Å². The molecule has 2 N–H and O–H groups in total. The number of nitrogens with zero attached hydrogens (tertiary/aromatic N) is 2. The van der Waals surface area contributed by atoms with Gasteiger partial charge in [0, 0.05) is 0 Å². The van der Waals surface area contributed by atoms with Crippen molar-refractivity contribution in [3.05, 3.63) is 64.9 Å². The maximum atomic E-state index is 13.7. The summed E-state index contributed by atoms with van der Waals surface area (Å²) in [7, 11) is 0. The molecule has 0 spiro atoms. The fourth-order valence-corrected chi connectivity index (χ4v) is 3.11. The Balaban J connectivity index is 1.94. The summed E-state index contributed by atoms with van der Waals surface area (Å²) in [5, 5.41) is 19.3. The Hall–Kier alpha value is -3.06. The lowest BCUT2D eigenvalue weighted by molar-refractivity contribution is 0.360. The second kappa shape index (κ2) is 7.28. The zero-order valence-electron chi connectivity index (χ0n) is 13.2. The number of hydrogen-bond acceptors (Lipinski definition) is 4. The van der Waals surface area contributed by atoms with E-state index in [9.17, 15) is 32.3 Å². The Morgan fingerprint density at radius 3 is 2.22 bits per heavy atom. The Morgan fingerprint density at radius 1 is 1.04 bits per heavy atom. The summed E-state index contributed by atoms with van der Waals surface area (Å²) in [5.74, 6) is -11.7.